The van der Waals surface area contributed by atoms with E-state index in [1.165, 1.54) is 5.57 Å². The van der Waals surface area contributed by atoms with Crippen molar-refractivity contribution in [1.29, 1.82) is 0 Å². The summed E-state index contributed by atoms with van der Waals surface area (Å²) in [7, 11) is 1.96. The van der Waals surface area contributed by atoms with Gasteiger partial charge in [-0.3, -0.25) is 4.99 Å². The van der Waals surface area contributed by atoms with Crippen molar-refractivity contribution in [1.82, 2.24) is 5.32 Å². The van der Waals surface area contributed by atoms with Gasteiger partial charge in [0, 0.05) is 18.0 Å². The second-order valence-corrected chi connectivity index (χ2v) is 3.56. The quantitative estimate of drug-likeness (QED) is 0.528. The Morgan fingerprint density at radius 3 is 2.36 bits per heavy atom. The summed E-state index contributed by atoms with van der Waals surface area (Å²) in [5.41, 5.74) is 3.47. The van der Waals surface area contributed by atoms with Crippen LogP contribution in [-0.4, -0.2) is 19.3 Å². The summed E-state index contributed by atoms with van der Waals surface area (Å²) >= 11 is 0. The molecule has 0 heterocycles. The Kier molecular flexibility index (Phi) is 7.03. The summed E-state index contributed by atoms with van der Waals surface area (Å²) in [6.45, 7) is 9.11. The number of aliphatic imine (C=N–C) groups is 1. The highest BCUT2D eigenvalue weighted by Gasteiger charge is 1.92. The van der Waals surface area contributed by atoms with E-state index in [2.05, 4.69) is 29.4 Å². The highest BCUT2D eigenvalue weighted by Crippen LogP contribution is 2.04. The van der Waals surface area contributed by atoms with Crippen LogP contribution in [0.5, 0.6) is 0 Å². The lowest BCUT2D eigenvalue weighted by atomic mass is 10.2. The Morgan fingerprint density at radius 2 is 1.93 bits per heavy atom. The first kappa shape index (κ1) is 13.1. The molecule has 0 aromatic rings. The van der Waals surface area contributed by atoms with Crippen molar-refractivity contribution < 1.29 is 0 Å². The van der Waals surface area contributed by atoms with Gasteiger partial charge in [0.1, 0.15) is 0 Å². The van der Waals surface area contributed by atoms with E-state index in [1.54, 1.807) is 0 Å². The fraction of sp³-hybridized carbons (Fsp3) is 0.583. The first-order valence-corrected chi connectivity index (χ1v) is 5.14. The van der Waals surface area contributed by atoms with Crippen molar-refractivity contribution in [2.45, 2.75) is 34.1 Å². The molecule has 0 atom stereocenters. The van der Waals surface area contributed by atoms with Crippen LogP contribution in [-0.2, 0) is 0 Å². The molecule has 0 aromatic carbocycles. The standard InChI is InChI=1S/C12H22N2/c1-6-7-12(9-13-5)8-11(4)14-10(2)3/h7-8,13H,6,9H2,1-5H3/b11-8-,12-7-. The summed E-state index contributed by atoms with van der Waals surface area (Å²) in [4.78, 5) is 4.39. The number of allylic oxidation sites excluding steroid dienone is 2. The van der Waals surface area contributed by atoms with Gasteiger partial charge in [-0.2, -0.15) is 0 Å². The van der Waals surface area contributed by atoms with Crippen LogP contribution in [0.4, 0.5) is 0 Å². The molecule has 0 saturated carbocycles. The summed E-state index contributed by atoms with van der Waals surface area (Å²) in [5.74, 6) is 0. The topological polar surface area (TPSA) is 24.4 Å². The van der Waals surface area contributed by atoms with E-state index < -0.39 is 0 Å². The van der Waals surface area contributed by atoms with Gasteiger partial charge < -0.3 is 5.32 Å². The maximum absolute atomic E-state index is 4.39. The van der Waals surface area contributed by atoms with E-state index in [0.717, 1.165) is 24.4 Å². The first-order valence-electron chi connectivity index (χ1n) is 5.14. The van der Waals surface area contributed by atoms with Gasteiger partial charge in [0.2, 0.25) is 0 Å². The lowest BCUT2D eigenvalue weighted by Gasteiger charge is -2.02. The van der Waals surface area contributed by atoms with Gasteiger partial charge in [-0.05, 0) is 45.9 Å². The fourth-order valence-electron chi connectivity index (χ4n) is 1.30. The maximum Gasteiger partial charge on any atom is 0.0374 e. The van der Waals surface area contributed by atoms with Crippen molar-refractivity contribution in [3.8, 4) is 0 Å². The van der Waals surface area contributed by atoms with Crippen LogP contribution in [0.25, 0.3) is 0 Å². The van der Waals surface area contributed by atoms with Crippen LogP contribution in [0, 0.1) is 0 Å². The Hall–Kier alpha value is -0.890. The smallest absolute Gasteiger partial charge is 0.0374 e. The Bertz CT molecular complexity index is 243. The molecule has 0 amide bonds. The van der Waals surface area contributed by atoms with Crippen molar-refractivity contribution in [3.63, 3.8) is 0 Å². The van der Waals surface area contributed by atoms with Crippen LogP contribution in [0.2, 0.25) is 0 Å². The lowest BCUT2D eigenvalue weighted by Crippen LogP contribution is -2.09. The zero-order valence-electron chi connectivity index (χ0n) is 10.0. The van der Waals surface area contributed by atoms with Gasteiger partial charge >= 0.3 is 0 Å². The fourth-order valence-corrected chi connectivity index (χ4v) is 1.30. The minimum atomic E-state index is 0.906. The maximum atomic E-state index is 4.39. The SMILES string of the molecule is CC/C=C(/C=C(/C)N=C(C)C)CNC. The second-order valence-electron chi connectivity index (χ2n) is 3.56. The minimum Gasteiger partial charge on any atom is -0.316 e. The monoisotopic (exact) mass is 194 g/mol. The van der Waals surface area contributed by atoms with E-state index >= 15 is 0 Å². The summed E-state index contributed by atoms with van der Waals surface area (Å²) in [5, 5.41) is 3.15. The molecule has 80 valence electrons. The summed E-state index contributed by atoms with van der Waals surface area (Å²) in [6, 6.07) is 0. The van der Waals surface area contributed by atoms with Gasteiger partial charge in [0.25, 0.3) is 0 Å². The molecule has 2 heteroatoms. The number of hydrogen-bond donors (Lipinski definition) is 1. The number of likely N-dealkylation sites (N-methyl/N-ethyl adjacent to an activating group) is 1. The molecule has 2 nitrogen and oxygen atoms in total. The molecular weight excluding hydrogens is 172 g/mol. The van der Waals surface area contributed by atoms with E-state index in [-0.39, 0.29) is 0 Å². The van der Waals surface area contributed by atoms with Crippen LogP contribution in [0.15, 0.2) is 28.4 Å². The first-order chi connectivity index (χ1) is 6.60. The third-order valence-corrected chi connectivity index (χ3v) is 1.64. The van der Waals surface area contributed by atoms with E-state index in [0.29, 0.717) is 0 Å². The van der Waals surface area contributed by atoms with E-state index in [4.69, 9.17) is 0 Å². The van der Waals surface area contributed by atoms with Crippen LogP contribution in [0.3, 0.4) is 0 Å². The van der Waals surface area contributed by atoms with E-state index in [9.17, 15) is 0 Å². The summed E-state index contributed by atoms with van der Waals surface area (Å²) in [6.07, 6.45) is 5.42. The Balaban J connectivity index is 4.55. The summed E-state index contributed by atoms with van der Waals surface area (Å²) < 4.78 is 0. The number of nitrogens with one attached hydrogen (secondary N) is 1. The van der Waals surface area contributed by atoms with E-state index in [1.807, 2.05) is 27.8 Å². The second kappa shape index (κ2) is 7.51. The molecule has 14 heavy (non-hydrogen) atoms. The molecule has 0 fully saturated rings. The lowest BCUT2D eigenvalue weighted by molar-refractivity contribution is 0.887. The molecule has 0 spiro atoms. The minimum absolute atomic E-state index is 0.906. The zero-order valence-corrected chi connectivity index (χ0v) is 10.0. The third kappa shape index (κ3) is 6.61. The molecule has 1 N–H and O–H groups in total. The third-order valence-electron chi connectivity index (χ3n) is 1.64. The number of rotatable bonds is 5. The number of hydrogen-bond acceptors (Lipinski definition) is 2. The molecule has 0 rings (SSSR count). The Labute approximate surface area is 87.8 Å². The Morgan fingerprint density at radius 1 is 1.29 bits per heavy atom. The molecule has 0 radical (unpaired) electrons. The average molecular weight is 194 g/mol. The molecule has 0 aliphatic heterocycles. The molecule has 0 unspecified atom stereocenters. The van der Waals surface area contributed by atoms with Crippen molar-refractivity contribution in [2.75, 3.05) is 13.6 Å². The van der Waals surface area contributed by atoms with Gasteiger partial charge in [-0.25, -0.2) is 0 Å². The predicted octanol–water partition coefficient (Wildman–Crippen LogP) is 2.93. The molecule has 0 aliphatic carbocycles. The van der Waals surface area contributed by atoms with Crippen LogP contribution < -0.4 is 5.32 Å². The highest BCUT2D eigenvalue weighted by atomic mass is 14.8. The zero-order chi connectivity index (χ0) is 11.0. The largest absolute Gasteiger partial charge is 0.316 e. The van der Waals surface area contributed by atoms with Gasteiger partial charge in [0.15, 0.2) is 0 Å². The van der Waals surface area contributed by atoms with Crippen molar-refractivity contribution in [2.24, 2.45) is 4.99 Å². The molecular formula is C12H22N2. The normalized spacial score (nSPS) is 12.9. The van der Waals surface area contributed by atoms with Gasteiger partial charge in [-0.15, -0.1) is 0 Å². The van der Waals surface area contributed by atoms with Crippen molar-refractivity contribution in [3.05, 3.63) is 23.4 Å². The molecule has 0 aromatic heterocycles. The highest BCUT2D eigenvalue weighted by molar-refractivity contribution is 5.80. The average Bonchev–Trinajstić information content (AvgIpc) is 2.03. The predicted molar refractivity (Wildman–Crippen MR) is 64.8 cm³/mol. The van der Waals surface area contributed by atoms with Crippen LogP contribution in [0.1, 0.15) is 34.1 Å². The van der Waals surface area contributed by atoms with Gasteiger partial charge in [0.05, 0.1) is 0 Å². The number of nitrogens with zero attached hydrogens (tertiary/aromatic N) is 1. The van der Waals surface area contributed by atoms with Crippen LogP contribution >= 0.6 is 0 Å². The van der Waals surface area contributed by atoms with Crippen molar-refractivity contribution >= 4 is 5.71 Å². The molecule has 0 aliphatic rings. The van der Waals surface area contributed by atoms with Gasteiger partial charge in [-0.1, -0.05) is 13.0 Å². The molecule has 0 saturated heterocycles. The molecule has 0 bridgehead atoms.